The predicted molar refractivity (Wildman–Crippen MR) is 97.4 cm³/mol. The summed E-state index contributed by atoms with van der Waals surface area (Å²) >= 11 is 5.97. The topological polar surface area (TPSA) is 37.4 Å². The van der Waals surface area contributed by atoms with Gasteiger partial charge in [-0.25, -0.2) is 4.39 Å². The van der Waals surface area contributed by atoms with Crippen molar-refractivity contribution in [1.82, 2.24) is 4.90 Å². The fourth-order valence-electron chi connectivity index (χ4n) is 2.41. The average molecular weight is 362 g/mol. The molecule has 0 aliphatic carbocycles. The minimum absolute atomic E-state index is 0.0377. The molecule has 0 saturated heterocycles. The Labute approximate surface area is 152 Å². The first-order valence-corrected chi connectivity index (χ1v) is 8.32. The van der Waals surface area contributed by atoms with Gasteiger partial charge in [-0.3, -0.25) is 9.59 Å². The van der Waals surface area contributed by atoms with E-state index in [4.69, 9.17) is 11.6 Å². The summed E-state index contributed by atoms with van der Waals surface area (Å²) in [6, 6.07) is 11.3. The number of likely N-dealkylation sites (N-methyl/N-ethyl adjacent to an activating group) is 1. The van der Waals surface area contributed by atoms with E-state index in [0.29, 0.717) is 5.56 Å². The molecule has 2 aromatic rings. The zero-order valence-corrected chi connectivity index (χ0v) is 15.5. The summed E-state index contributed by atoms with van der Waals surface area (Å²) in [5.41, 5.74) is 1.53. The number of hydrogen-bond acceptors (Lipinski definition) is 2. The van der Waals surface area contributed by atoms with Crippen LogP contribution in [0.2, 0.25) is 5.02 Å². The Hall–Kier alpha value is -2.20. The van der Waals surface area contributed by atoms with Crippen LogP contribution < -0.4 is 0 Å². The Balaban J connectivity index is 2.15. The van der Waals surface area contributed by atoms with Crippen molar-refractivity contribution in [2.45, 2.75) is 32.7 Å². The fourth-order valence-corrected chi connectivity index (χ4v) is 2.63. The van der Waals surface area contributed by atoms with Crippen LogP contribution in [-0.2, 0) is 16.8 Å². The standard InChI is InChI=1S/C20H21ClFNO2/c1-20(2,3)14-10-8-13(9-11-14)18(24)19(25)23(4)12-15-16(21)6-5-7-17(15)22/h5-11H,12H2,1-4H3. The minimum atomic E-state index is -0.706. The molecule has 0 aliphatic rings. The maximum absolute atomic E-state index is 13.8. The largest absolute Gasteiger partial charge is 0.334 e. The highest BCUT2D eigenvalue weighted by Crippen LogP contribution is 2.23. The number of hydrogen-bond donors (Lipinski definition) is 0. The molecule has 2 rings (SSSR count). The summed E-state index contributed by atoms with van der Waals surface area (Å²) < 4.78 is 13.8. The van der Waals surface area contributed by atoms with Gasteiger partial charge in [0.25, 0.3) is 5.91 Å². The Morgan fingerprint density at radius 2 is 1.68 bits per heavy atom. The normalized spacial score (nSPS) is 11.3. The monoisotopic (exact) mass is 361 g/mol. The van der Waals surface area contributed by atoms with Crippen molar-refractivity contribution < 1.29 is 14.0 Å². The fraction of sp³-hybridized carbons (Fsp3) is 0.300. The maximum Gasteiger partial charge on any atom is 0.295 e. The van der Waals surface area contributed by atoms with Crippen LogP contribution in [0.25, 0.3) is 0 Å². The van der Waals surface area contributed by atoms with Crippen molar-refractivity contribution in [2.75, 3.05) is 7.05 Å². The van der Waals surface area contributed by atoms with Crippen LogP contribution in [0.3, 0.4) is 0 Å². The lowest BCUT2D eigenvalue weighted by Gasteiger charge is -2.20. The van der Waals surface area contributed by atoms with E-state index in [1.54, 1.807) is 18.2 Å². The van der Waals surface area contributed by atoms with Gasteiger partial charge >= 0.3 is 0 Å². The van der Waals surface area contributed by atoms with Gasteiger partial charge in [0.15, 0.2) is 0 Å². The van der Waals surface area contributed by atoms with Gasteiger partial charge in [0.1, 0.15) is 5.82 Å². The van der Waals surface area contributed by atoms with E-state index in [2.05, 4.69) is 20.8 Å². The van der Waals surface area contributed by atoms with Crippen molar-refractivity contribution in [2.24, 2.45) is 0 Å². The lowest BCUT2D eigenvalue weighted by atomic mass is 9.86. The summed E-state index contributed by atoms with van der Waals surface area (Å²) in [4.78, 5) is 25.9. The SMILES string of the molecule is CN(Cc1c(F)cccc1Cl)C(=O)C(=O)c1ccc(C(C)(C)C)cc1. The van der Waals surface area contributed by atoms with Crippen LogP contribution >= 0.6 is 11.6 Å². The molecule has 0 spiro atoms. The Morgan fingerprint density at radius 3 is 2.20 bits per heavy atom. The first-order chi connectivity index (χ1) is 11.6. The number of amides is 1. The molecule has 0 N–H and O–H groups in total. The van der Waals surface area contributed by atoms with Crippen molar-refractivity contribution in [3.05, 3.63) is 70.0 Å². The molecule has 2 aromatic carbocycles. The quantitative estimate of drug-likeness (QED) is 0.588. The summed E-state index contributed by atoms with van der Waals surface area (Å²) in [5, 5.41) is 0.224. The zero-order valence-electron chi connectivity index (χ0n) is 14.8. The number of nitrogens with zero attached hydrogens (tertiary/aromatic N) is 1. The van der Waals surface area contributed by atoms with E-state index in [9.17, 15) is 14.0 Å². The Bertz CT molecular complexity index is 774. The van der Waals surface area contributed by atoms with Crippen molar-refractivity contribution in [3.63, 3.8) is 0 Å². The highest BCUT2D eigenvalue weighted by molar-refractivity contribution is 6.42. The van der Waals surface area contributed by atoms with Gasteiger partial charge in [-0.1, -0.05) is 62.7 Å². The first kappa shape index (κ1) is 19.1. The van der Waals surface area contributed by atoms with Gasteiger partial charge in [-0.2, -0.15) is 0 Å². The predicted octanol–water partition coefficient (Wildman–Crippen LogP) is 4.62. The van der Waals surface area contributed by atoms with Crippen LogP contribution in [0.1, 0.15) is 42.3 Å². The van der Waals surface area contributed by atoms with E-state index < -0.39 is 17.5 Å². The molecule has 1 amide bonds. The first-order valence-electron chi connectivity index (χ1n) is 7.94. The molecule has 25 heavy (non-hydrogen) atoms. The van der Waals surface area contributed by atoms with E-state index in [0.717, 1.165) is 5.56 Å². The molecular formula is C20H21ClFNO2. The molecule has 132 valence electrons. The number of carbonyl (C=O) groups is 2. The third-order valence-corrected chi connectivity index (χ3v) is 4.37. The van der Waals surface area contributed by atoms with E-state index in [1.807, 2.05) is 12.1 Å². The lowest BCUT2D eigenvalue weighted by molar-refractivity contribution is -0.125. The summed E-state index contributed by atoms with van der Waals surface area (Å²) in [6.45, 7) is 6.14. The van der Waals surface area contributed by atoms with Crippen molar-refractivity contribution in [3.8, 4) is 0 Å². The van der Waals surface area contributed by atoms with Crippen molar-refractivity contribution in [1.29, 1.82) is 0 Å². The van der Waals surface area contributed by atoms with Gasteiger partial charge in [0.05, 0.1) is 6.54 Å². The number of ketones is 1. The second-order valence-corrected chi connectivity index (χ2v) is 7.43. The smallest absolute Gasteiger partial charge is 0.295 e. The van der Waals surface area contributed by atoms with Crippen LogP contribution in [0, 0.1) is 5.82 Å². The molecule has 0 atom stereocenters. The number of Topliss-reactive ketones (excluding diaryl/α,β-unsaturated/α-hetero) is 1. The molecule has 3 nitrogen and oxygen atoms in total. The van der Waals surface area contributed by atoms with Crippen molar-refractivity contribution >= 4 is 23.3 Å². The van der Waals surface area contributed by atoms with E-state index >= 15 is 0 Å². The van der Waals surface area contributed by atoms with E-state index in [-0.39, 0.29) is 22.5 Å². The van der Waals surface area contributed by atoms with Gasteiger partial charge in [0, 0.05) is 23.2 Å². The summed E-state index contributed by atoms with van der Waals surface area (Å²) in [7, 11) is 1.45. The van der Waals surface area contributed by atoms with Crippen LogP contribution in [0.5, 0.6) is 0 Å². The third kappa shape index (κ3) is 4.45. The van der Waals surface area contributed by atoms with Gasteiger partial charge in [0.2, 0.25) is 5.78 Å². The van der Waals surface area contributed by atoms with Crippen LogP contribution in [0.15, 0.2) is 42.5 Å². The number of benzene rings is 2. The minimum Gasteiger partial charge on any atom is -0.334 e. The molecule has 0 heterocycles. The molecule has 0 saturated carbocycles. The van der Waals surface area contributed by atoms with Gasteiger partial charge < -0.3 is 4.90 Å². The molecule has 0 bridgehead atoms. The van der Waals surface area contributed by atoms with Gasteiger partial charge in [-0.05, 0) is 23.1 Å². The molecule has 0 unspecified atom stereocenters. The Morgan fingerprint density at radius 1 is 1.08 bits per heavy atom. The van der Waals surface area contributed by atoms with Crippen LogP contribution in [0.4, 0.5) is 4.39 Å². The maximum atomic E-state index is 13.8. The number of halogens is 2. The summed E-state index contributed by atoms with van der Waals surface area (Å²) in [6.07, 6.45) is 0. The lowest BCUT2D eigenvalue weighted by Crippen LogP contribution is -2.33. The molecule has 0 aliphatic heterocycles. The van der Waals surface area contributed by atoms with Gasteiger partial charge in [-0.15, -0.1) is 0 Å². The summed E-state index contributed by atoms with van der Waals surface area (Å²) in [5.74, 6) is -1.84. The highest BCUT2D eigenvalue weighted by atomic mass is 35.5. The molecule has 0 aromatic heterocycles. The highest BCUT2D eigenvalue weighted by Gasteiger charge is 2.23. The van der Waals surface area contributed by atoms with E-state index in [1.165, 1.54) is 24.1 Å². The molecule has 5 heteroatoms. The average Bonchev–Trinajstić information content (AvgIpc) is 2.56. The molecule has 0 fully saturated rings. The number of rotatable bonds is 4. The second kappa shape index (κ2) is 7.36. The van der Waals surface area contributed by atoms with Crippen LogP contribution in [-0.4, -0.2) is 23.6 Å². The third-order valence-electron chi connectivity index (χ3n) is 4.01. The molecule has 0 radical (unpaired) electrons. The second-order valence-electron chi connectivity index (χ2n) is 7.02. The number of carbonyl (C=O) groups excluding carboxylic acids is 2. The molecular weight excluding hydrogens is 341 g/mol. The zero-order chi connectivity index (χ0) is 18.8. The Kier molecular flexibility index (Phi) is 5.63.